The molecule has 19 heavy (non-hydrogen) atoms. The minimum Gasteiger partial charge on any atom is -0.382 e. The van der Waals surface area contributed by atoms with Crippen molar-refractivity contribution in [3.63, 3.8) is 0 Å². The third-order valence-corrected chi connectivity index (χ3v) is 4.60. The number of ether oxygens (including phenoxy) is 2. The summed E-state index contributed by atoms with van der Waals surface area (Å²) >= 11 is 0. The van der Waals surface area contributed by atoms with E-state index in [-0.39, 0.29) is 18.4 Å². The Kier molecular flexibility index (Phi) is 7.86. The van der Waals surface area contributed by atoms with E-state index >= 15 is 0 Å². The van der Waals surface area contributed by atoms with Crippen LogP contribution in [0.3, 0.4) is 0 Å². The van der Waals surface area contributed by atoms with Gasteiger partial charge in [0.2, 0.25) is 10.0 Å². The maximum Gasteiger partial charge on any atom is 0.213 e. The second-order valence-electron chi connectivity index (χ2n) is 4.86. The van der Waals surface area contributed by atoms with Gasteiger partial charge < -0.3 is 9.47 Å². The fraction of sp³-hybridized carbons (Fsp3) is 1.00. The Morgan fingerprint density at radius 3 is 2.53 bits per heavy atom. The zero-order chi connectivity index (χ0) is 14.1. The molecule has 1 fully saturated rings. The van der Waals surface area contributed by atoms with Gasteiger partial charge >= 0.3 is 0 Å². The van der Waals surface area contributed by atoms with E-state index in [1.165, 1.54) is 12.8 Å². The van der Waals surface area contributed by atoms with Crippen molar-refractivity contribution in [2.24, 2.45) is 0 Å². The Balaban J connectivity index is 2.15. The first-order valence-electron chi connectivity index (χ1n) is 6.83. The lowest BCUT2D eigenvalue weighted by molar-refractivity contribution is 0.0784. The first kappa shape index (κ1) is 16.8. The van der Waals surface area contributed by atoms with Crippen molar-refractivity contribution in [2.75, 3.05) is 52.3 Å². The van der Waals surface area contributed by atoms with Crippen LogP contribution in [0.15, 0.2) is 0 Å². The lowest BCUT2D eigenvalue weighted by Gasteiger charge is -2.23. The van der Waals surface area contributed by atoms with Crippen molar-refractivity contribution in [1.82, 2.24) is 9.62 Å². The molecular weight excluding hydrogens is 268 g/mol. The van der Waals surface area contributed by atoms with Crippen LogP contribution < -0.4 is 4.72 Å². The van der Waals surface area contributed by atoms with Crippen molar-refractivity contribution in [2.45, 2.75) is 25.8 Å². The van der Waals surface area contributed by atoms with Crippen molar-refractivity contribution in [1.29, 1.82) is 0 Å². The standard InChI is InChI=1S/C12H26N2O4S/c1-12(14-5-3-4-6-14)11-13-19(15,16)10-9-18-8-7-17-2/h12-13H,3-11H2,1-2H3. The Morgan fingerprint density at radius 1 is 1.21 bits per heavy atom. The maximum atomic E-state index is 11.7. The SMILES string of the molecule is COCCOCCS(=O)(=O)NCC(C)N1CCCC1. The van der Waals surface area contributed by atoms with Gasteiger partial charge in [0.05, 0.1) is 25.6 Å². The minimum absolute atomic E-state index is 0.00341. The smallest absolute Gasteiger partial charge is 0.213 e. The van der Waals surface area contributed by atoms with Crippen LogP contribution >= 0.6 is 0 Å². The average molecular weight is 294 g/mol. The van der Waals surface area contributed by atoms with E-state index in [9.17, 15) is 8.42 Å². The van der Waals surface area contributed by atoms with Gasteiger partial charge in [-0.2, -0.15) is 0 Å². The lowest BCUT2D eigenvalue weighted by Crippen LogP contribution is -2.41. The van der Waals surface area contributed by atoms with E-state index < -0.39 is 10.0 Å². The van der Waals surface area contributed by atoms with Crippen LogP contribution in [0.5, 0.6) is 0 Å². The molecule has 1 aliphatic heterocycles. The molecule has 0 spiro atoms. The second kappa shape index (κ2) is 8.86. The predicted octanol–water partition coefficient (Wildman–Crippen LogP) is 0.0531. The summed E-state index contributed by atoms with van der Waals surface area (Å²) in [6.45, 7) is 5.79. The summed E-state index contributed by atoms with van der Waals surface area (Å²) in [5.41, 5.74) is 0. The van der Waals surface area contributed by atoms with Crippen molar-refractivity contribution in [3.8, 4) is 0 Å². The summed E-state index contributed by atoms with van der Waals surface area (Å²) in [6, 6.07) is 0.256. The number of sulfonamides is 1. The van der Waals surface area contributed by atoms with Crippen molar-refractivity contribution in [3.05, 3.63) is 0 Å². The van der Waals surface area contributed by atoms with Crippen molar-refractivity contribution < 1.29 is 17.9 Å². The Labute approximate surface area is 116 Å². The molecule has 0 radical (unpaired) electrons. The molecule has 0 amide bonds. The molecule has 1 unspecified atom stereocenters. The van der Waals surface area contributed by atoms with E-state index in [0.717, 1.165) is 13.1 Å². The summed E-state index contributed by atoms with van der Waals surface area (Å²) in [5.74, 6) is 0.00341. The highest BCUT2D eigenvalue weighted by molar-refractivity contribution is 7.89. The highest BCUT2D eigenvalue weighted by Crippen LogP contribution is 2.10. The molecule has 0 saturated carbocycles. The van der Waals surface area contributed by atoms with Gasteiger partial charge in [0.25, 0.3) is 0 Å². The van der Waals surface area contributed by atoms with Crippen LogP contribution in [0.4, 0.5) is 0 Å². The normalized spacial score (nSPS) is 18.8. The zero-order valence-corrected chi connectivity index (χ0v) is 12.7. The number of rotatable bonds is 10. The lowest BCUT2D eigenvalue weighted by atomic mass is 10.3. The van der Waals surface area contributed by atoms with E-state index in [0.29, 0.717) is 19.8 Å². The fourth-order valence-electron chi connectivity index (χ4n) is 2.04. The highest BCUT2D eigenvalue weighted by atomic mass is 32.2. The Morgan fingerprint density at radius 2 is 1.89 bits per heavy atom. The third-order valence-electron chi connectivity index (χ3n) is 3.29. The first-order chi connectivity index (χ1) is 9.05. The van der Waals surface area contributed by atoms with Gasteiger partial charge in [0.15, 0.2) is 0 Å². The highest BCUT2D eigenvalue weighted by Gasteiger charge is 2.19. The summed E-state index contributed by atoms with van der Waals surface area (Å²) in [4.78, 5) is 2.32. The monoisotopic (exact) mass is 294 g/mol. The molecule has 6 nitrogen and oxygen atoms in total. The molecule has 0 bridgehead atoms. The van der Waals surface area contributed by atoms with Gasteiger partial charge in [-0.15, -0.1) is 0 Å². The molecule has 0 aromatic heterocycles. The van der Waals surface area contributed by atoms with Crippen LogP contribution in [-0.2, 0) is 19.5 Å². The van der Waals surface area contributed by atoms with Crippen LogP contribution in [0.1, 0.15) is 19.8 Å². The number of nitrogens with zero attached hydrogens (tertiary/aromatic N) is 1. The molecule has 0 aromatic rings. The molecule has 1 heterocycles. The van der Waals surface area contributed by atoms with E-state index in [2.05, 4.69) is 16.5 Å². The number of likely N-dealkylation sites (tertiary alicyclic amines) is 1. The second-order valence-corrected chi connectivity index (χ2v) is 6.79. The molecule has 7 heteroatoms. The Bertz CT molecular complexity index is 329. The molecule has 1 saturated heterocycles. The summed E-state index contributed by atoms with van der Waals surface area (Å²) in [6.07, 6.45) is 2.43. The van der Waals surface area contributed by atoms with Gasteiger partial charge in [0.1, 0.15) is 0 Å². The topological polar surface area (TPSA) is 67.9 Å². The number of nitrogens with one attached hydrogen (secondary N) is 1. The van der Waals surface area contributed by atoms with Crippen LogP contribution in [-0.4, -0.2) is 71.7 Å². The van der Waals surface area contributed by atoms with Crippen LogP contribution in [0, 0.1) is 0 Å². The van der Waals surface area contributed by atoms with E-state index in [1.807, 2.05) is 0 Å². The Hall–Kier alpha value is -0.210. The molecule has 1 rings (SSSR count). The fourth-order valence-corrected chi connectivity index (χ4v) is 3.02. The summed E-state index contributed by atoms with van der Waals surface area (Å²) in [7, 11) is -1.65. The van der Waals surface area contributed by atoms with Gasteiger partial charge in [-0.25, -0.2) is 13.1 Å². The minimum atomic E-state index is -3.24. The molecule has 1 N–H and O–H groups in total. The maximum absolute atomic E-state index is 11.7. The summed E-state index contributed by atoms with van der Waals surface area (Å²) in [5, 5.41) is 0. The van der Waals surface area contributed by atoms with Gasteiger partial charge in [-0.3, -0.25) is 4.90 Å². The van der Waals surface area contributed by atoms with Crippen molar-refractivity contribution >= 4 is 10.0 Å². The summed E-state index contributed by atoms with van der Waals surface area (Å²) < 4.78 is 36.1. The largest absolute Gasteiger partial charge is 0.382 e. The molecule has 114 valence electrons. The molecule has 0 aromatic carbocycles. The van der Waals surface area contributed by atoms with Gasteiger partial charge in [-0.05, 0) is 32.9 Å². The number of hydrogen-bond acceptors (Lipinski definition) is 5. The number of hydrogen-bond donors (Lipinski definition) is 1. The van der Waals surface area contributed by atoms with Crippen LogP contribution in [0.25, 0.3) is 0 Å². The van der Waals surface area contributed by atoms with E-state index in [1.54, 1.807) is 7.11 Å². The number of methoxy groups -OCH3 is 1. The van der Waals surface area contributed by atoms with Gasteiger partial charge in [0, 0.05) is 19.7 Å². The first-order valence-corrected chi connectivity index (χ1v) is 8.48. The van der Waals surface area contributed by atoms with Gasteiger partial charge in [-0.1, -0.05) is 0 Å². The third kappa shape index (κ3) is 7.22. The molecule has 0 aliphatic carbocycles. The van der Waals surface area contributed by atoms with E-state index in [4.69, 9.17) is 9.47 Å². The predicted molar refractivity (Wildman–Crippen MR) is 74.8 cm³/mol. The molecule has 1 atom stereocenters. The quantitative estimate of drug-likeness (QED) is 0.577. The molecular formula is C12H26N2O4S. The molecule has 1 aliphatic rings. The average Bonchev–Trinajstić information content (AvgIpc) is 2.90. The zero-order valence-electron chi connectivity index (χ0n) is 11.9. The van der Waals surface area contributed by atoms with Crippen LogP contribution in [0.2, 0.25) is 0 Å².